The summed E-state index contributed by atoms with van der Waals surface area (Å²) in [6.07, 6.45) is 4.11. The summed E-state index contributed by atoms with van der Waals surface area (Å²) in [5, 5.41) is 4.86. The third-order valence-corrected chi connectivity index (χ3v) is 4.69. The molecule has 1 atom stereocenters. The number of fused-ring (bicyclic) bond motifs is 1. The normalized spacial score (nSPS) is 17.5. The maximum Gasteiger partial charge on any atom is 0.225 e. The van der Waals surface area contributed by atoms with Crippen LogP contribution in [0.1, 0.15) is 48.8 Å². The van der Waals surface area contributed by atoms with Crippen molar-refractivity contribution in [1.82, 2.24) is 0 Å². The molecule has 1 unspecified atom stereocenters. The number of anilines is 1. The lowest BCUT2D eigenvalue weighted by Crippen LogP contribution is -2.34. The largest absolute Gasteiger partial charge is 0.325 e. The van der Waals surface area contributed by atoms with Crippen LogP contribution in [0.3, 0.4) is 0 Å². The number of amides is 1. The summed E-state index contributed by atoms with van der Waals surface area (Å²) < 4.78 is 0. The second kappa shape index (κ2) is 6.48. The molecule has 0 fully saturated rings. The van der Waals surface area contributed by atoms with Crippen molar-refractivity contribution in [3.8, 4) is 0 Å². The molecule has 0 saturated heterocycles. The molecule has 2 nitrogen and oxygen atoms in total. The standard InChI is InChI=1S/C22H23NO/c1-5-6-18-15(4)7-12-19-20(13-21(24)23-22(18)19)17-10-8-16(9-11-17)14(2)3/h5-12,14,20H,1,4,13H2,2-3H3,(H,23,24)/b18-6+. The van der Waals surface area contributed by atoms with Gasteiger partial charge in [-0.15, -0.1) is 0 Å². The summed E-state index contributed by atoms with van der Waals surface area (Å²) in [5.41, 5.74) is 4.51. The molecule has 0 aromatic heterocycles. The van der Waals surface area contributed by atoms with Crippen molar-refractivity contribution in [3.05, 3.63) is 76.2 Å². The number of benzene rings is 2. The summed E-state index contributed by atoms with van der Waals surface area (Å²) in [6, 6.07) is 12.7. The molecular formula is C22H23NO. The minimum absolute atomic E-state index is 0.0461. The fraction of sp³-hybridized carbons (Fsp3) is 0.227. The van der Waals surface area contributed by atoms with E-state index in [1.165, 1.54) is 11.1 Å². The smallest absolute Gasteiger partial charge is 0.225 e. The van der Waals surface area contributed by atoms with Crippen LogP contribution in [-0.4, -0.2) is 5.91 Å². The third kappa shape index (κ3) is 2.92. The number of hydrogen-bond acceptors (Lipinski definition) is 1. The number of carbonyl (C=O) groups is 1. The molecule has 1 N–H and O–H groups in total. The summed E-state index contributed by atoms with van der Waals surface area (Å²) in [6.45, 7) is 12.2. The molecule has 122 valence electrons. The Labute approximate surface area is 143 Å². The van der Waals surface area contributed by atoms with Crippen molar-refractivity contribution in [3.63, 3.8) is 0 Å². The predicted octanol–water partition coefficient (Wildman–Crippen LogP) is 3.66. The summed E-state index contributed by atoms with van der Waals surface area (Å²) in [5.74, 6) is 0.626. The van der Waals surface area contributed by atoms with Gasteiger partial charge in [0.25, 0.3) is 0 Å². The zero-order valence-electron chi connectivity index (χ0n) is 14.3. The molecule has 1 aliphatic rings. The van der Waals surface area contributed by atoms with Gasteiger partial charge < -0.3 is 5.32 Å². The van der Waals surface area contributed by atoms with E-state index in [0.29, 0.717) is 12.3 Å². The Morgan fingerprint density at radius 2 is 1.88 bits per heavy atom. The molecule has 0 bridgehead atoms. The van der Waals surface area contributed by atoms with E-state index >= 15 is 0 Å². The summed E-state index contributed by atoms with van der Waals surface area (Å²) >= 11 is 0. The fourth-order valence-corrected chi connectivity index (χ4v) is 3.31. The molecule has 2 aromatic carbocycles. The lowest BCUT2D eigenvalue weighted by molar-refractivity contribution is -0.116. The van der Waals surface area contributed by atoms with Crippen LogP contribution in [0, 0.1) is 0 Å². The highest BCUT2D eigenvalue weighted by Crippen LogP contribution is 2.35. The van der Waals surface area contributed by atoms with Crippen molar-refractivity contribution in [1.29, 1.82) is 0 Å². The van der Waals surface area contributed by atoms with Gasteiger partial charge in [-0.1, -0.05) is 75.6 Å². The summed E-state index contributed by atoms with van der Waals surface area (Å²) in [7, 11) is 0. The SMILES string of the molecule is C=C/C=c1/c2c(ccc1=C)C(c1ccc(C(C)C)cc1)CC(=O)N2. The van der Waals surface area contributed by atoms with Crippen LogP contribution in [0.4, 0.5) is 5.69 Å². The molecule has 3 rings (SSSR count). The van der Waals surface area contributed by atoms with Gasteiger partial charge in [-0.2, -0.15) is 0 Å². The van der Waals surface area contributed by atoms with E-state index in [1.807, 2.05) is 12.1 Å². The molecule has 1 aliphatic heterocycles. The van der Waals surface area contributed by atoms with E-state index in [9.17, 15) is 4.79 Å². The monoisotopic (exact) mass is 317 g/mol. The maximum atomic E-state index is 12.3. The Hall–Kier alpha value is -2.61. The third-order valence-electron chi connectivity index (χ3n) is 4.69. The Morgan fingerprint density at radius 3 is 2.50 bits per heavy atom. The van der Waals surface area contributed by atoms with Crippen LogP contribution in [0.25, 0.3) is 12.7 Å². The minimum Gasteiger partial charge on any atom is -0.325 e. The topological polar surface area (TPSA) is 29.1 Å². The van der Waals surface area contributed by atoms with Crippen molar-refractivity contribution in [2.45, 2.75) is 32.1 Å². The first kappa shape index (κ1) is 16.3. The predicted molar refractivity (Wildman–Crippen MR) is 101 cm³/mol. The molecule has 1 heterocycles. The van der Waals surface area contributed by atoms with E-state index < -0.39 is 0 Å². The van der Waals surface area contributed by atoms with E-state index in [1.54, 1.807) is 6.08 Å². The molecule has 1 amide bonds. The lowest BCUT2D eigenvalue weighted by Gasteiger charge is -2.27. The van der Waals surface area contributed by atoms with Crippen molar-refractivity contribution in [2.75, 3.05) is 5.32 Å². The van der Waals surface area contributed by atoms with Crippen molar-refractivity contribution < 1.29 is 4.79 Å². The quantitative estimate of drug-likeness (QED) is 0.919. The number of rotatable bonds is 3. The van der Waals surface area contributed by atoms with Crippen molar-refractivity contribution in [2.24, 2.45) is 0 Å². The van der Waals surface area contributed by atoms with E-state index in [0.717, 1.165) is 21.7 Å². The second-order valence-electron chi connectivity index (χ2n) is 6.63. The molecule has 0 spiro atoms. The molecule has 24 heavy (non-hydrogen) atoms. The van der Waals surface area contributed by atoms with E-state index in [4.69, 9.17) is 0 Å². The molecule has 2 heteroatoms. The van der Waals surface area contributed by atoms with Gasteiger partial charge in [-0.25, -0.2) is 0 Å². The highest BCUT2D eigenvalue weighted by atomic mass is 16.1. The van der Waals surface area contributed by atoms with Crippen LogP contribution >= 0.6 is 0 Å². The fourth-order valence-electron chi connectivity index (χ4n) is 3.31. The van der Waals surface area contributed by atoms with E-state index in [2.05, 4.69) is 62.7 Å². The van der Waals surface area contributed by atoms with Crippen LogP contribution in [0.2, 0.25) is 0 Å². The number of carbonyl (C=O) groups excluding carboxylic acids is 1. The Balaban J connectivity index is 2.14. The van der Waals surface area contributed by atoms with Crippen LogP contribution in [0.5, 0.6) is 0 Å². The van der Waals surface area contributed by atoms with Crippen molar-refractivity contribution >= 4 is 24.2 Å². The van der Waals surface area contributed by atoms with Gasteiger partial charge in [0.05, 0.1) is 5.69 Å². The number of nitrogens with one attached hydrogen (secondary N) is 1. The zero-order valence-corrected chi connectivity index (χ0v) is 14.3. The van der Waals surface area contributed by atoms with Crippen LogP contribution < -0.4 is 15.8 Å². The molecule has 2 aromatic rings. The highest BCUT2D eigenvalue weighted by molar-refractivity contribution is 5.95. The van der Waals surface area contributed by atoms with Gasteiger partial charge >= 0.3 is 0 Å². The minimum atomic E-state index is 0.0461. The van der Waals surface area contributed by atoms with Gasteiger partial charge in [-0.05, 0) is 27.8 Å². The van der Waals surface area contributed by atoms with Gasteiger partial charge in [0.1, 0.15) is 0 Å². The number of hydrogen-bond donors (Lipinski definition) is 1. The lowest BCUT2D eigenvalue weighted by atomic mass is 9.83. The first-order chi connectivity index (χ1) is 11.5. The van der Waals surface area contributed by atoms with Crippen LogP contribution in [0.15, 0.2) is 49.1 Å². The van der Waals surface area contributed by atoms with Gasteiger partial charge in [0, 0.05) is 17.6 Å². The van der Waals surface area contributed by atoms with Gasteiger partial charge in [0.15, 0.2) is 0 Å². The Morgan fingerprint density at radius 1 is 1.17 bits per heavy atom. The molecular weight excluding hydrogens is 294 g/mol. The maximum absolute atomic E-state index is 12.3. The number of allylic oxidation sites excluding steroid dienone is 1. The average Bonchev–Trinajstić information content (AvgIpc) is 2.57. The Kier molecular flexibility index (Phi) is 4.39. The molecule has 0 aliphatic carbocycles. The molecule has 0 saturated carbocycles. The van der Waals surface area contributed by atoms with E-state index in [-0.39, 0.29) is 11.8 Å². The van der Waals surface area contributed by atoms with Crippen LogP contribution in [-0.2, 0) is 4.79 Å². The zero-order chi connectivity index (χ0) is 17.3. The molecule has 0 radical (unpaired) electrons. The highest BCUT2D eigenvalue weighted by Gasteiger charge is 2.27. The first-order valence-electron chi connectivity index (χ1n) is 8.35. The van der Waals surface area contributed by atoms with Gasteiger partial charge in [0.2, 0.25) is 5.91 Å². The summed E-state index contributed by atoms with van der Waals surface area (Å²) in [4.78, 5) is 12.3. The average molecular weight is 317 g/mol. The Bertz CT molecular complexity index is 891. The van der Waals surface area contributed by atoms with Gasteiger partial charge in [-0.3, -0.25) is 4.79 Å². The first-order valence-corrected chi connectivity index (χ1v) is 8.35. The second-order valence-corrected chi connectivity index (χ2v) is 6.63.